The van der Waals surface area contributed by atoms with E-state index < -0.39 is 0 Å². The van der Waals surface area contributed by atoms with Gasteiger partial charge in [-0.1, -0.05) is 158 Å². The number of aromatic nitrogens is 5. The lowest BCUT2D eigenvalue weighted by molar-refractivity contribution is 1.08. The zero-order valence-electron chi connectivity index (χ0n) is 39.8. The molecule has 5 nitrogen and oxygen atoms in total. The van der Waals surface area contributed by atoms with Crippen LogP contribution in [0.2, 0.25) is 0 Å². The van der Waals surface area contributed by atoms with Crippen LogP contribution in [0.15, 0.2) is 237 Å². The molecular formula is C69H39N5. The molecule has 0 unspecified atom stereocenters. The van der Waals surface area contributed by atoms with Crippen molar-refractivity contribution in [2.24, 2.45) is 0 Å². The van der Waals surface area contributed by atoms with E-state index >= 15 is 0 Å². The third-order valence-corrected chi connectivity index (χ3v) is 15.4. The second-order valence-electron chi connectivity index (χ2n) is 19.6. The highest BCUT2D eigenvalue weighted by molar-refractivity contribution is 6.21. The molecule has 5 heteroatoms. The summed E-state index contributed by atoms with van der Waals surface area (Å²) in [6.45, 7) is 0. The lowest BCUT2D eigenvalue weighted by Crippen LogP contribution is -2.00. The first-order valence-corrected chi connectivity index (χ1v) is 25.1. The fraction of sp³-hybridized carbons (Fsp3) is 0. The number of fused-ring (bicyclic) bond motifs is 9. The number of nitrogens with zero attached hydrogens (tertiary/aromatic N) is 5. The van der Waals surface area contributed by atoms with Gasteiger partial charge in [-0.3, -0.25) is 9.97 Å². The second-order valence-corrected chi connectivity index (χ2v) is 19.6. The summed E-state index contributed by atoms with van der Waals surface area (Å²) in [6, 6.07) is 80.8. The van der Waals surface area contributed by atoms with E-state index in [0.29, 0.717) is 17.5 Å². The Morgan fingerprint density at radius 1 is 0.230 bits per heavy atom. The fourth-order valence-corrected chi connectivity index (χ4v) is 11.9. The minimum absolute atomic E-state index is 0.630. The molecule has 0 bridgehead atoms. The van der Waals surface area contributed by atoms with Gasteiger partial charge in [0, 0.05) is 40.0 Å². The summed E-state index contributed by atoms with van der Waals surface area (Å²) >= 11 is 0. The van der Waals surface area contributed by atoms with Crippen molar-refractivity contribution in [1.29, 1.82) is 0 Å². The normalized spacial score (nSPS) is 12.1. The Hall–Kier alpha value is -9.97. The van der Waals surface area contributed by atoms with E-state index in [1.54, 1.807) is 0 Å². The van der Waals surface area contributed by atoms with Gasteiger partial charge in [-0.2, -0.15) is 0 Å². The van der Waals surface area contributed by atoms with Gasteiger partial charge in [0.1, 0.15) is 0 Å². The topological polar surface area (TPSA) is 64.5 Å². The molecule has 340 valence electrons. The third kappa shape index (κ3) is 6.27. The smallest absolute Gasteiger partial charge is 0.164 e. The van der Waals surface area contributed by atoms with E-state index in [1.807, 2.05) is 36.7 Å². The van der Waals surface area contributed by atoms with Crippen LogP contribution in [-0.4, -0.2) is 24.9 Å². The van der Waals surface area contributed by atoms with Gasteiger partial charge in [0.25, 0.3) is 0 Å². The first-order valence-electron chi connectivity index (χ1n) is 25.1. The number of pyridine rings is 2. The van der Waals surface area contributed by atoms with Gasteiger partial charge in [0.2, 0.25) is 0 Å². The summed E-state index contributed by atoms with van der Waals surface area (Å²) in [5, 5.41) is 10.8. The molecule has 11 aromatic carbocycles. The first-order chi connectivity index (χ1) is 36.6. The highest BCUT2D eigenvalue weighted by Crippen LogP contribution is 2.52. The molecular weight excluding hydrogens is 899 g/mol. The van der Waals surface area contributed by atoms with E-state index in [4.69, 9.17) is 19.9 Å². The van der Waals surface area contributed by atoms with Crippen molar-refractivity contribution in [3.8, 4) is 112 Å². The Morgan fingerprint density at radius 2 is 0.743 bits per heavy atom. The first kappa shape index (κ1) is 40.7. The van der Waals surface area contributed by atoms with Crippen molar-refractivity contribution < 1.29 is 0 Å². The van der Waals surface area contributed by atoms with Crippen LogP contribution in [0.1, 0.15) is 0 Å². The van der Waals surface area contributed by atoms with Gasteiger partial charge in [0.15, 0.2) is 17.5 Å². The molecule has 0 saturated carbocycles. The molecule has 0 saturated heterocycles. The lowest BCUT2D eigenvalue weighted by atomic mass is 9.95. The standard InChI is InChI=1S/C69H39N5/c1-2-10-41(11-3-1)67-72-68(74-69(73-67)58-28-27-57-61-35-44-13-5-4-12-43(44)34-59(61)55-20-8-18-53(58)66(55)57)49-15-6-14-42(32-49)45-23-24-46-36-60-54-19-7-17-52-51(25-26-56(65(52)54)62(60)37-50(46)33-45)64-39-48(29-31-71-64)47-22-21-40-16-9-30-70-63(40)38-47/h1-39H. The van der Waals surface area contributed by atoms with Gasteiger partial charge in [-0.25, -0.2) is 15.0 Å². The van der Waals surface area contributed by atoms with Crippen molar-refractivity contribution in [3.05, 3.63) is 237 Å². The van der Waals surface area contributed by atoms with Crippen molar-refractivity contribution in [3.63, 3.8) is 0 Å². The second kappa shape index (κ2) is 15.8. The number of hydrogen-bond donors (Lipinski definition) is 0. The van der Waals surface area contributed by atoms with Crippen molar-refractivity contribution in [2.45, 2.75) is 0 Å². The molecule has 3 heterocycles. The summed E-state index contributed by atoms with van der Waals surface area (Å²) in [5.74, 6) is 1.92. The maximum atomic E-state index is 5.31. The van der Waals surface area contributed by atoms with Crippen LogP contribution in [0.5, 0.6) is 0 Å². The Labute approximate surface area is 425 Å². The maximum absolute atomic E-state index is 5.31. The highest BCUT2D eigenvalue weighted by atomic mass is 15.0. The van der Waals surface area contributed by atoms with E-state index in [1.165, 1.54) is 82.2 Å². The minimum atomic E-state index is 0.630. The van der Waals surface area contributed by atoms with Gasteiger partial charge < -0.3 is 0 Å². The van der Waals surface area contributed by atoms with E-state index in [-0.39, 0.29) is 0 Å². The van der Waals surface area contributed by atoms with Gasteiger partial charge in [-0.05, 0) is 177 Å². The predicted octanol–water partition coefficient (Wildman–Crippen LogP) is 17.7. The van der Waals surface area contributed by atoms with E-state index in [2.05, 4.69) is 205 Å². The molecule has 0 spiro atoms. The predicted molar refractivity (Wildman–Crippen MR) is 304 cm³/mol. The average Bonchev–Trinajstić information content (AvgIpc) is 3.96. The van der Waals surface area contributed by atoms with Crippen molar-refractivity contribution in [1.82, 2.24) is 24.9 Å². The molecule has 0 aliphatic heterocycles. The zero-order valence-corrected chi connectivity index (χ0v) is 39.8. The molecule has 74 heavy (non-hydrogen) atoms. The largest absolute Gasteiger partial charge is 0.256 e. The van der Waals surface area contributed by atoms with Crippen LogP contribution in [0.3, 0.4) is 0 Å². The van der Waals surface area contributed by atoms with Crippen LogP contribution in [-0.2, 0) is 0 Å². The molecule has 0 amide bonds. The van der Waals surface area contributed by atoms with Crippen LogP contribution in [0.4, 0.5) is 0 Å². The molecule has 3 aromatic heterocycles. The van der Waals surface area contributed by atoms with Gasteiger partial charge >= 0.3 is 0 Å². The fourth-order valence-electron chi connectivity index (χ4n) is 11.9. The van der Waals surface area contributed by atoms with Crippen LogP contribution in [0.25, 0.3) is 166 Å². The van der Waals surface area contributed by atoms with Crippen molar-refractivity contribution in [2.75, 3.05) is 0 Å². The summed E-state index contributed by atoms with van der Waals surface area (Å²) < 4.78 is 0. The van der Waals surface area contributed by atoms with Gasteiger partial charge in [-0.15, -0.1) is 0 Å². The lowest BCUT2D eigenvalue weighted by Gasteiger charge is -2.12. The Morgan fingerprint density at radius 3 is 1.49 bits per heavy atom. The summed E-state index contributed by atoms with van der Waals surface area (Å²) in [7, 11) is 0. The zero-order chi connectivity index (χ0) is 48.4. The number of hydrogen-bond acceptors (Lipinski definition) is 5. The Balaban J connectivity index is 0.770. The van der Waals surface area contributed by atoms with Crippen molar-refractivity contribution >= 4 is 54.0 Å². The highest BCUT2D eigenvalue weighted by Gasteiger charge is 2.26. The number of rotatable bonds is 6. The molecule has 0 atom stereocenters. The molecule has 14 aromatic rings. The summed E-state index contributed by atoms with van der Waals surface area (Å²) in [6.07, 6.45) is 3.77. The monoisotopic (exact) mass is 937 g/mol. The van der Waals surface area contributed by atoms with Crippen LogP contribution in [0, 0.1) is 0 Å². The summed E-state index contributed by atoms with van der Waals surface area (Å²) in [5.41, 5.74) is 20.4. The number of benzene rings is 11. The minimum Gasteiger partial charge on any atom is -0.256 e. The molecule has 2 aliphatic carbocycles. The molecule has 0 fully saturated rings. The average molecular weight is 938 g/mol. The SMILES string of the molecule is c1ccc(-c2nc(-c3cccc(-c4ccc5cc6c(cc5c4)-c4ccc(-c5cc(-c7ccc8cccnc8c7)ccn5)c5cccc-6c45)c3)nc(-c3ccc4c5c(cccc35)-c3cc5ccccc5cc3-4)n2)cc1. The quantitative estimate of drug-likeness (QED) is 0.166. The Kier molecular flexibility index (Phi) is 8.68. The molecule has 16 rings (SSSR count). The molecule has 0 N–H and O–H groups in total. The van der Waals surface area contributed by atoms with E-state index in [0.717, 1.165) is 66.5 Å². The van der Waals surface area contributed by atoms with Gasteiger partial charge in [0.05, 0.1) is 11.2 Å². The third-order valence-electron chi connectivity index (χ3n) is 15.4. The van der Waals surface area contributed by atoms with E-state index in [9.17, 15) is 0 Å². The Bertz CT molecular complexity index is 4680. The molecule has 0 radical (unpaired) electrons. The molecule has 2 aliphatic rings. The van der Waals surface area contributed by atoms with Crippen LogP contribution < -0.4 is 0 Å². The van der Waals surface area contributed by atoms with Crippen LogP contribution >= 0.6 is 0 Å². The maximum Gasteiger partial charge on any atom is 0.164 e. The summed E-state index contributed by atoms with van der Waals surface area (Å²) in [4.78, 5) is 25.2.